The fourth-order valence-electron chi connectivity index (χ4n) is 3.38. The molecule has 1 aliphatic heterocycles. The van der Waals surface area contributed by atoms with Gasteiger partial charge in [0.05, 0.1) is 28.4 Å². The second kappa shape index (κ2) is 10.7. The highest BCUT2D eigenvalue weighted by molar-refractivity contribution is 7.89. The maximum Gasteiger partial charge on any atom is 0.410 e. The number of aliphatic hydroxyl groups is 1. The minimum atomic E-state index is -4.20. The number of rotatable bonds is 10. The molecule has 2 aromatic carbocycles. The number of sulfonamides is 1. The monoisotopic (exact) mass is 491 g/mol. The molecule has 3 rings (SSSR count). The highest BCUT2D eigenvalue weighted by Gasteiger charge is 2.38. The van der Waals surface area contributed by atoms with E-state index in [0.717, 1.165) is 34.1 Å². The van der Waals surface area contributed by atoms with Gasteiger partial charge in [0.1, 0.15) is 6.61 Å². The van der Waals surface area contributed by atoms with Crippen molar-refractivity contribution in [2.24, 2.45) is 5.92 Å². The summed E-state index contributed by atoms with van der Waals surface area (Å²) in [5.74, 6) is -0.967. The molecule has 1 fully saturated rings. The van der Waals surface area contributed by atoms with Crippen LogP contribution in [0.25, 0.3) is 0 Å². The molecule has 1 atom stereocenters. The van der Waals surface area contributed by atoms with Crippen molar-refractivity contribution < 1.29 is 32.8 Å². The van der Waals surface area contributed by atoms with Gasteiger partial charge in [-0.25, -0.2) is 13.2 Å². The summed E-state index contributed by atoms with van der Waals surface area (Å²) in [6, 6.07) is 13.4. The van der Waals surface area contributed by atoms with E-state index in [1.165, 1.54) is 11.8 Å². The highest BCUT2D eigenvalue weighted by Crippen LogP contribution is 2.23. The van der Waals surface area contributed by atoms with Gasteiger partial charge < -0.3 is 14.7 Å². The standard InChI is InChI=1S/C22H25N3O8S/c1-16(26)11-24(34(31,32)20-9-7-19(8-10-20)25(29)30)14-21(27)18-12-23(13-18)22(28)33-15-17-5-3-2-4-6-17/h2-10,16,18,26H,11-15H2,1H3. The summed E-state index contributed by atoms with van der Waals surface area (Å²) in [6.07, 6.45) is -1.61. The van der Waals surface area contributed by atoms with Crippen LogP contribution in [-0.2, 0) is 26.2 Å². The lowest BCUT2D eigenvalue weighted by molar-refractivity contribution is -0.384. The number of carbonyl (C=O) groups excluding carboxylic acids is 2. The number of Topliss-reactive ketones (excluding diaryl/α,β-unsaturated/α-hetero) is 1. The first-order valence-corrected chi connectivity index (χ1v) is 11.9. The molecule has 2 aromatic rings. The Morgan fingerprint density at radius 2 is 1.79 bits per heavy atom. The van der Waals surface area contributed by atoms with Crippen molar-refractivity contribution in [3.63, 3.8) is 0 Å². The van der Waals surface area contributed by atoms with E-state index in [1.54, 1.807) is 0 Å². The Morgan fingerprint density at radius 1 is 1.18 bits per heavy atom. The highest BCUT2D eigenvalue weighted by atomic mass is 32.2. The number of nitro groups is 1. The average molecular weight is 492 g/mol. The van der Waals surface area contributed by atoms with Crippen LogP contribution in [0.1, 0.15) is 12.5 Å². The molecule has 0 spiro atoms. The van der Waals surface area contributed by atoms with E-state index >= 15 is 0 Å². The number of likely N-dealkylation sites (tertiary alicyclic amines) is 1. The molecule has 34 heavy (non-hydrogen) atoms. The van der Waals surface area contributed by atoms with Crippen LogP contribution in [0.3, 0.4) is 0 Å². The molecule has 0 bridgehead atoms. The third-order valence-corrected chi connectivity index (χ3v) is 7.11. The first-order chi connectivity index (χ1) is 16.1. The Kier molecular flexibility index (Phi) is 7.97. The van der Waals surface area contributed by atoms with Crippen LogP contribution < -0.4 is 0 Å². The second-order valence-electron chi connectivity index (χ2n) is 8.01. The van der Waals surface area contributed by atoms with Gasteiger partial charge >= 0.3 is 6.09 Å². The van der Waals surface area contributed by atoms with Gasteiger partial charge in [-0.3, -0.25) is 14.9 Å². The summed E-state index contributed by atoms with van der Waals surface area (Å²) in [4.78, 5) is 36.2. The number of ketones is 1. The van der Waals surface area contributed by atoms with Gasteiger partial charge in [-0.1, -0.05) is 30.3 Å². The lowest BCUT2D eigenvalue weighted by Gasteiger charge is -2.38. The molecule has 1 heterocycles. The molecule has 1 unspecified atom stereocenters. The van der Waals surface area contributed by atoms with Gasteiger partial charge in [-0.05, 0) is 24.6 Å². The van der Waals surface area contributed by atoms with E-state index in [0.29, 0.717) is 0 Å². The van der Waals surface area contributed by atoms with E-state index < -0.39 is 45.4 Å². The Hall–Kier alpha value is -3.35. The number of amides is 1. The molecule has 1 N–H and O–H groups in total. The van der Waals surface area contributed by atoms with Crippen molar-refractivity contribution >= 4 is 27.6 Å². The molecule has 182 valence electrons. The Morgan fingerprint density at radius 3 is 2.35 bits per heavy atom. The van der Waals surface area contributed by atoms with Crippen LogP contribution in [0, 0.1) is 16.0 Å². The molecule has 0 radical (unpaired) electrons. The number of hydrogen-bond donors (Lipinski definition) is 1. The van der Waals surface area contributed by atoms with Gasteiger partial charge in [0, 0.05) is 31.8 Å². The van der Waals surface area contributed by atoms with Crippen molar-refractivity contribution in [1.82, 2.24) is 9.21 Å². The average Bonchev–Trinajstić information content (AvgIpc) is 2.76. The lowest BCUT2D eigenvalue weighted by Crippen LogP contribution is -2.55. The number of non-ortho nitro benzene ring substituents is 1. The number of ether oxygens (including phenoxy) is 1. The van der Waals surface area contributed by atoms with Crippen molar-refractivity contribution in [3.05, 3.63) is 70.3 Å². The second-order valence-corrected chi connectivity index (χ2v) is 9.94. The van der Waals surface area contributed by atoms with Crippen molar-refractivity contribution in [1.29, 1.82) is 0 Å². The maximum absolute atomic E-state index is 13.0. The van der Waals surface area contributed by atoms with Crippen molar-refractivity contribution in [3.8, 4) is 0 Å². The zero-order chi connectivity index (χ0) is 24.9. The van der Waals surface area contributed by atoms with Crippen LogP contribution in [0.2, 0.25) is 0 Å². The minimum absolute atomic E-state index is 0.102. The fraction of sp³-hybridized carbons (Fsp3) is 0.364. The number of carbonyl (C=O) groups is 2. The van der Waals surface area contributed by atoms with Gasteiger partial charge in [0.15, 0.2) is 5.78 Å². The van der Waals surface area contributed by atoms with Gasteiger partial charge in [-0.15, -0.1) is 0 Å². The number of benzene rings is 2. The third-order valence-electron chi connectivity index (χ3n) is 5.29. The summed E-state index contributed by atoms with van der Waals surface area (Å²) in [5, 5.41) is 20.6. The van der Waals surface area contributed by atoms with Gasteiger partial charge in [-0.2, -0.15) is 4.31 Å². The summed E-state index contributed by atoms with van der Waals surface area (Å²) in [5.41, 5.74) is 0.556. The predicted molar refractivity (Wildman–Crippen MR) is 120 cm³/mol. The van der Waals surface area contributed by atoms with E-state index in [2.05, 4.69) is 0 Å². The van der Waals surface area contributed by atoms with E-state index in [1.807, 2.05) is 30.3 Å². The molecule has 1 aliphatic rings. The van der Waals surface area contributed by atoms with Crippen LogP contribution >= 0.6 is 0 Å². The fourth-order valence-corrected chi connectivity index (χ4v) is 4.86. The Balaban J connectivity index is 1.59. The van der Waals surface area contributed by atoms with Crippen LogP contribution in [0.4, 0.5) is 10.5 Å². The molecular formula is C22H25N3O8S. The molecule has 0 saturated carbocycles. The quantitative estimate of drug-likeness (QED) is 0.391. The summed E-state index contributed by atoms with van der Waals surface area (Å²) in [6.45, 7) is 0.864. The number of hydrogen-bond acceptors (Lipinski definition) is 8. The van der Waals surface area contributed by atoms with Crippen LogP contribution in [-0.4, -0.2) is 71.8 Å². The molecule has 0 aliphatic carbocycles. The summed E-state index contributed by atoms with van der Waals surface area (Å²) in [7, 11) is -4.20. The van der Waals surface area contributed by atoms with Crippen LogP contribution in [0.15, 0.2) is 59.5 Å². The maximum atomic E-state index is 13.0. The smallest absolute Gasteiger partial charge is 0.410 e. The summed E-state index contributed by atoms with van der Waals surface area (Å²) >= 11 is 0. The van der Waals surface area contributed by atoms with E-state index in [-0.39, 0.29) is 36.8 Å². The lowest BCUT2D eigenvalue weighted by atomic mass is 9.95. The third kappa shape index (κ3) is 6.16. The molecule has 0 aromatic heterocycles. The first kappa shape index (κ1) is 25.3. The number of aliphatic hydroxyl groups excluding tert-OH is 1. The normalized spacial score (nSPS) is 15.0. The minimum Gasteiger partial charge on any atom is -0.445 e. The zero-order valence-electron chi connectivity index (χ0n) is 18.4. The van der Waals surface area contributed by atoms with Crippen molar-refractivity contribution in [2.75, 3.05) is 26.2 Å². The first-order valence-electron chi connectivity index (χ1n) is 10.5. The molecule has 12 heteroatoms. The Labute approximate surface area is 196 Å². The number of nitrogens with zero attached hydrogens (tertiary/aromatic N) is 3. The van der Waals surface area contributed by atoms with Crippen molar-refractivity contribution in [2.45, 2.75) is 24.5 Å². The molecule has 1 saturated heterocycles. The van der Waals surface area contributed by atoms with Gasteiger partial charge in [0.2, 0.25) is 10.0 Å². The van der Waals surface area contributed by atoms with Gasteiger partial charge in [0.25, 0.3) is 5.69 Å². The topological polar surface area (TPSA) is 147 Å². The molecule has 11 nitrogen and oxygen atoms in total. The van der Waals surface area contributed by atoms with E-state index in [9.17, 15) is 33.2 Å². The predicted octanol–water partition coefficient (Wildman–Crippen LogP) is 1.80. The zero-order valence-corrected chi connectivity index (χ0v) is 19.3. The largest absolute Gasteiger partial charge is 0.445 e. The molecule has 1 amide bonds. The number of nitro benzene ring substituents is 1. The SMILES string of the molecule is CC(O)CN(CC(=O)C1CN(C(=O)OCc2ccccc2)C1)S(=O)(=O)c1ccc([N+](=O)[O-])cc1. The Bertz CT molecular complexity index is 1130. The molecular weight excluding hydrogens is 466 g/mol. The van der Waals surface area contributed by atoms with E-state index in [4.69, 9.17) is 4.74 Å². The summed E-state index contributed by atoms with van der Waals surface area (Å²) < 4.78 is 32.1. The van der Waals surface area contributed by atoms with Crippen LogP contribution in [0.5, 0.6) is 0 Å².